The number of nitrogens with zero attached hydrogens (tertiary/aromatic N) is 2. The fraction of sp³-hybridized carbons (Fsp3) is 0.800. The molecule has 1 heterocycles. The van der Waals surface area contributed by atoms with Crippen LogP contribution in [0.1, 0.15) is 55.8 Å². The molecule has 0 saturated heterocycles. The molecule has 2 fully saturated rings. The Hall–Kier alpha value is -0.830. The number of hydrogen-bond donors (Lipinski definition) is 1. The van der Waals surface area contributed by atoms with Crippen LogP contribution in [-0.4, -0.2) is 15.8 Å². The van der Waals surface area contributed by atoms with Gasteiger partial charge in [0.1, 0.15) is 0 Å². The Bertz CT molecular complexity index is 431. The van der Waals surface area contributed by atoms with E-state index < -0.39 is 0 Å². The highest BCUT2D eigenvalue weighted by molar-refractivity contribution is 5.25. The second-order valence-electron chi connectivity index (χ2n) is 6.48. The number of hydrogen-bond acceptors (Lipinski definition) is 2. The van der Waals surface area contributed by atoms with Crippen molar-refractivity contribution in [3.63, 3.8) is 0 Å². The zero-order valence-corrected chi connectivity index (χ0v) is 11.2. The van der Waals surface area contributed by atoms with Gasteiger partial charge in [-0.3, -0.25) is 4.68 Å². The van der Waals surface area contributed by atoms with E-state index in [4.69, 9.17) is 0 Å². The Kier molecular flexibility index (Phi) is 2.51. The molecule has 0 amide bonds. The van der Waals surface area contributed by atoms with Crippen molar-refractivity contribution >= 4 is 0 Å². The molecule has 0 aliphatic heterocycles. The summed E-state index contributed by atoms with van der Waals surface area (Å²) in [6, 6.07) is 1.38. The molecule has 1 aromatic rings. The van der Waals surface area contributed by atoms with Gasteiger partial charge in [-0.2, -0.15) is 5.10 Å². The first-order valence-electron chi connectivity index (χ1n) is 7.60. The largest absolute Gasteiger partial charge is 0.306 e. The van der Waals surface area contributed by atoms with Crippen LogP contribution in [0, 0.1) is 11.8 Å². The summed E-state index contributed by atoms with van der Waals surface area (Å²) in [5.74, 6) is 1.97. The van der Waals surface area contributed by atoms with E-state index in [1.807, 2.05) is 0 Å². The van der Waals surface area contributed by atoms with Crippen LogP contribution in [0.4, 0.5) is 0 Å². The summed E-state index contributed by atoms with van der Waals surface area (Å²) < 4.78 is 2.08. The van der Waals surface area contributed by atoms with E-state index in [9.17, 15) is 0 Å². The van der Waals surface area contributed by atoms with E-state index in [0.29, 0.717) is 6.04 Å². The van der Waals surface area contributed by atoms with Gasteiger partial charge in [-0.15, -0.1) is 0 Å². The van der Waals surface area contributed by atoms with E-state index in [-0.39, 0.29) is 0 Å². The lowest BCUT2D eigenvalue weighted by Gasteiger charge is -2.29. The van der Waals surface area contributed by atoms with Gasteiger partial charge in [-0.1, -0.05) is 0 Å². The highest BCUT2D eigenvalue weighted by atomic mass is 15.3. The maximum atomic E-state index is 4.45. The minimum atomic E-state index is 0.577. The second kappa shape index (κ2) is 4.09. The number of aryl methyl sites for hydroxylation is 1. The molecule has 0 aromatic carbocycles. The van der Waals surface area contributed by atoms with Gasteiger partial charge in [0.15, 0.2) is 0 Å². The van der Waals surface area contributed by atoms with Gasteiger partial charge in [0.2, 0.25) is 0 Å². The summed E-state index contributed by atoms with van der Waals surface area (Å²) in [6.45, 7) is 0. The molecule has 4 rings (SSSR count). The van der Waals surface area contributed by atoms with Crippen molar-refractivity contribution < 1.29 is 0 Å². The summed E-state index contributed by atoms with van der Waals surface area (Å²) >= 11 is 0. The van der Waals surface area contributed by atoms with Crippen LogP contribution in [0.5, 0.6) is 0 Å². The van der Waals surface area contributed by atoms with E-state index in [1.54, 1.807) is 0 Å². The third-order valence-electron chi connectivity index (χ3n) is 5.03. The maximum absolute atomic E-state index is 4.45. The first-order valence-corrected chi connectivity index (χ1v) is 7.60. The first-order chi connectivity index (χ1) is 8.83. The van der Waals surface area contributed by atoms with Crippen molar-refractivity contribution in [2.24, 2.45) is 18.9 Å². The average Bonchev–Trinajstić information content (AvgIpc) is 3.27. The lowest BCUT2D eigenvalue weighted by atomic mass is 9.91. The van der Waals surface area contributed by atoms with E-state index in [1.165, 1.54) is 56.2 Å². The molecule has 0 bridgehead atoms. The molecule has 3 heteroatoms. The molecular weight excluding hydrogens is 222 g/mol. The van der Waals surface area contributed by atoms with Crippen LogP contribution in [0.25, 0.3) is 0 Å². The van der Waals surface area contributed by atoms with Crippen LogP contribution in [0.2, 0.25) is 0 Å². The van der Waals surface area contributed by atoms with Gasteiger partial charge >= 0.3 is 0 Å². The van der Waals surface area contributed by atoms with Crippen molar-refractivity contribution in [3.8, 4) is 0 Å². The Morgan fingerprint density at radius 1 is 1.22 bits per heavy atom. The molecule has 1 aromatic heterocycles. The summed E-state index contributed by atoms with van der Waals surface area (Å²) in [4.78, 5) is 0. The minimum absolute atomic E-state index is 0.577. The molecule has 3 aliphatic rings. The molecule has 3 nitrogen and oxygen atoms in total. The smallest absolute Gasteiger partial charge is 0.0540 e. The van der Waals surface area contributed by atoms with Crippen molar-refractivity contribution in [3.05, 3.63) is 17.5 Å². The van der Waals surface area contributed by atoms with Crippen LogP contribution in [0.3, 0.4) is 0 Å². The molecule has 2 saturated carbocycles. The zero-order valence-electron chi connectivity index (χ0n) is 11.2. The maximum Gasteiger partial charge on any atom is 0.0540 e. The summed E-state index contributed by atoms with van der Waals surface area (Å²) in [6.07, 6.45) is 11.8. The molecule has 0 spiro atoms. The van der Waals surface area contributed by atoms with Gasteiger partial charge in [0, 0.05) is 30.4 Å². The second-order valence-corrected chi connectivity index (χ2v) is 6.48. The number of rotatable bonds is 4. The van der Waals surface area contributed by atoms with Crippen LogP contribution in [0.15, 0.2) is 6.20 Å². The molecule has 98 valence electrons. The molecule has 18 heavy (non-hydrogen) atoms. The molecule has 1 N–H and O–H groups in total. The highest BCUT2D eigenvalue weighted by Gasteiger charge is 2.42. The summed E-state index contributed by atoms with van der Waals surface area (Å²) in [5.41, 5.74) is 2.94. The number of fused-ring (bicyclic) bond motifs is 1. The number of aromatic nitrogens is 2. The topological polar surface area (TPSA) is 29.9 Å². The van der Waals surface area contributed by atoms with Gasteiger partial charge in [-0.25, -0.2) is 0 Å². The molecule has 0 radical (unpaired) electrons. The van der Waals surface area contributed by atoms with E-state index in [2.05, 4.69) is 28.3 Å². The summed E-state index contributed by atoms with van der Waals surface area (Å²) in [5, 5.41) is 8.45. The van der Waals surface area contributed by atoms with Crippen molar-refractivity contribution in [2.45, 2.75) is 57.0 Å². The van der Waals surface area contributed by atoms with Gasteiger partial charge < -0.3 is 5.32 Å². The fourth-order valence-corrected chi connectivity index (χ4v) is 3.68. The third kappa shape index (κ3) is 1.89. The van der Waals surface area contributed by atoms with Crippen LogP contribution >= 0.6 is 0 Å². The van der Waals surface area contributed by atoms with Gasteiger partial charge in [0.05, 0.1) is 6.20 Å². The molecule has 1 unspecified atom stereocenters. The number of nitrogens with one attached hydrogen (secondary N) is 1. The first kappa shape index (κ1) is 11.0. The Balaban J connectivity index is 1.54. The zero-order chi connectivity index (χ0) is 12.1. The quantitative estimate of drug-likeness (QED) is 0.883. The van der Waals surface area contributed by atoms with Crippen molar-refractivity contribution in [1.29, 1.82) is 0 Å². The van der Waals surface area contributed by atoms with Gasteiger partial charge in [-0.05, 0) is 56.8 Å². The Morgan fingerprint density at radius 2 is 1.94 bits per heavy atom. The SMILES string of the molecule is Cn1ncc2c1CCCC2NC(C1CC1)C1CC1. The van der Waals surface area contributed by atoms with Crippen molar-refractivity contribution in [1.82, 2.24) is 15.1 Å². The van der Waals surface area contributed by atoms with Crippen molar-refractivity contribution in [2.75, 3.05) is 0 Å². The average molecular weight is 245 g/mol. The predicted molar refractivity (Wildman–Crippen MR) is 71.3 cm³/mol. The van der Waals surface area contributed by atoms with E-state index >= 15 is 0 Å². The lowest BCUT2D eigenvalue weighted by molar-refractivity contribution is 0.339. The van der Waals surface area contributed by atoms with Gasteiger partial charge in [0.25, 0.3) is 0 Å². The predicted octanol–water partition coefficient (Wildman–Crippen LogP) is 2.58. The minimum Gasteiger partial charge on any atom is -0.306 e. The Labute approximate surface area is 109 Å². The highest BCUT2D eigenvalue weighted by Crippen LogP contribution is 2.46. The fourth-order valence-electron chi connectivity index (χ4n) is 3.68. The van der Waals surface area contributed by atoms with Crippen LogP contribution < -0.4 is 5.32 Å². The Morgan fingerprint density at radius 3 is 2.61 bits per heavy atom. The molecule has 1 atom stereocenters. The van der Waals surface area contributed by atoms with Crippen LogP contribution in [-0.2, 0) is 13.5 Å². The summed E-state index contributed by atoms with van der Waals surface area (Å²) in [7, 11) is 2.08. The standard InChI is InChI=1S/C15H23N3/c1-18-14-4-2-3-13(12(14)9-16-18)17-15(10-5-6-10)11-7-8-11/h9-11,13,15,17H,2-8H2,1H3. The monoisotopic (exact) mass is 245 g/mol. The lowest BCUT2D eigenvalue weighted by Crippen LogP contribution is -2.37. The third-order valence-corrected chi connectivity index (χ3v) is 5.03. The normalized spacial score (nSPS) is 27.6. The molecule has 3 aliphatic carbocycles. The molecular formula is C15H23N3. The van der Waals surface area contributed by atoms with E-state index in [0.717, 1.165) is 17.9 Å².